The van der Waals surface area contributed by atoms with Crippen LogP contribution < -0.4 is 0 Å². The lowest BCUT2D eigenvalue weighted by Crippen LogP contribution is -1.92. The topological polar surface area (TPSA) is 43.1 Å². The normalized spacial score (nSPS) is 11.2. The van der Waals surface area contributed by atoms with Crippen molar-refractivity contribution in [2.24, 2.45) is 0 Å². The molecule has 0 amide bonds. The van der Waals surface area contributed by atoms with Gasteiger partial charge < -0.3 is 0 Å². The highest BCUT2D eigenvalue weighted by Crippen LogP contribution is 2.25. The molecule has 3 heterocycles. The number of aromatic nitrogens is 4. The lowest BCUT2D eigenvalue weighted by molar-refractivity contribution is 0.961. The zero-order valence-electron chi connectivity index (χ0n) is 11.0. The van der Waals surface area contributed by atoms with Gasteiger partial charge in [0.25, 0.3) is 0 Å². The Hall–Kier alpha value is -2.75. The molecule has 0 radical (unpaired) electrons. The van der Waals surface area contributed by atoms with Crippen molar-refractivity contribution in [1.82, 2.24) is 19.6 Å². The van der Waals surface area contributed by atoms with E-state index in [0.29, 0.717) is 5.82 Å². The Morgan fingerprint density at radius 1 is 1.00 bits per heavy atom. The van der Waals surface area contributed by atoms with E-state index in [1.165, 1.54) is 5.39 Å². The van der Waals surface area contributed by atoms with Crippen LogP contribution in [0.4, 0.5) is 0 Å². The van der Waals surface area contributed by atoms with E-state index in [2.05, 4.69) is 34.1 Å². The number of pyridine rings is 2. The van der Waals surface area contributed by atoms with Crippen molar-refractivity contribution >= 4 is 16.4 Å². The van der Waals surface area contributed by atoms with Crippen LogP contribution in [0.2, 0.25) is 0 Å². The monoisotopic (exact) mass is 260 g/mol. The Labute approximate surface area is 115 Å². The predicted molar refractivity (Wildman–Crippen MR) is 78.5 cm³/mol. The molecule has 3 aromatic heterocycles. The first kappa shape index (κ1) is 11.1. The van der Waals surface area contributed by atoms with Crippen molar-refractivity contribution in [3.8, 4) is 11.5 Å². The summed E-state index contributed by atoms with van der Waals surface area (Å²) in [5.74, 6) is 0.666. The van der Waals surface area contributed by atoms with Crippen molar-refractivity contribution in [1.29, 1.82) is 0 Å². The third kappa shape index (κ3) is 1.58. The van der Waals surface area contributed by atoms with Gasteiger partial charge >= 0.3 is 0 Å². The Kier molecular flexibility index (Phi) is 2.29. The third-order valence-electron chi connectivity index (χ3n) is 3.51. The molecule has 4 heteroatoms. The quantitative estimate of drug-likeness (QED) is 0.527. The van der Waals surface area contributed by atoms with Crippen LogP contribution in [-0.4, -0.2) is 19.6 Å². The summed E-state index contributed by atoms with van der Waals surface area (Å²) in [5.41, 5.74) is 2.78. The van der Waals surface area contributed by atoms with E-state index in [-0.39, 0.29) is 0 Å². The summed E-state index contributed by atoms with van der Waals surface area (Å²) in [6.07, 6.45) is 3.77. The molecule has 1 aromatic carbocycles. The maximum absolute atomic E-state index is 4.54. The smallest absolute Gasteiger partial charge is 0.201 e. The van der Waals surface area contributed by atoms with Crippen LogP contribution in [0.3, 0.4) is 0 Å². The van der Waals surface area contributed by atoms with Crippen LogP contribution in [0.15, 0.2) is 54.9 Å². The molecule has 0 saturated carbocycles. The summed E-state index contributed by atoms with van der Waals surface area (Å²) in [5, 5.41) is 6.82. The Morgan fingerprint density at radius 2 is 1.85 bits per heavy atom. The highest BCUT2D eigenvalue weighted by atomic mass is 15.3. The Bertz CT molecular complexity index is 891. The molecule has 4 rings (SSSR count). The van der Waals surface area contributed by atoms with E-state index in [4.69, 9.17) is 0 Å². The molecule has 0 aliphatic heterocycles. The van der Waals surface area contributed by atoms with Crippen LogP contribution in [0.1, 0.15) is 5.56 Å². The maximum atomic E-state index is 4.54. The van der Waals surface area contributed by atoms with Crippen molar-refractivity contribution in [2.75, 3.05) is 0 Å². The molecule has 4 nitrogen and oxygen atoms in total. The van der Waals surface area contributed by atoms with E-state index in [9.17, 15) is 0 Å². The van der Waals surface area contributed by atoms with Crippen molar-refractivity contribution in [3.63, 3.8) is 0 Å². The molecule has 4 aromatic rings. The van der Waals surface area contributed by atoms with Gasteiger partial charge in [-0.05, 0) is 30.0 Å². The largest absolute Gasteiger partial charge is 0.252 e. The minimum Gasteiger partial charge on any atom is -0.252 e. The minimum absolute atomic E-state index is 0.666. The fourth-order valence-electron chi connectivity index (χ4n) is 2.47. The summed E-state index contributed by atoms with van der Waals surface area (Å²) in [6, 6.07) is 14.1. The number of nitrogens with zero attached hydrogens (tertiary/aromatic N) is 4. The molecule has 0 aliphatic rings. The second kappa shape index (κ2) is 4.13. The molecular weight excluding hydrogens is 248 g/mol. The molecule has 0 fully saturated rings. The fourth-order valence-corrected chi connectivity index (χ4v) is 2.47. The molecule has 0 atom stereocenters. The van der Waals surface area contributed by atoms with E-state index in [1.54, 1.807) is 4.52 Å². The van der Waals surface area contributed by atoms with Gasteiger partial charge in [0.1, 0.15) is 5.69 Å². The van der Waals surface area contributed by atoms with Gasteiger partial charge in [-0.2, -0.15) is 0 Å². The molecule has 0 N–H and O–H groups in total. The first-order valence-electron chi connectivity index (χ1n) is 6.49. The van der Waals surface area contributed by atoms with Crippen molar-refractivity contribution < 1.29 is 0 Å². The summed E-state index contributed by atoms with van der Waals surface area (Å²) in [6.45, 7) is 2.07. The van der Waals surface area contributed by atoms with Crippen molar-refractivity contribution in [2.45, 2.75) is 6.92 Å². The number of hydrogen-bond acceptors (Lipinski definition) is 3. The molecule has 0 saturated heterocycles. The highest BCUT2D eigenvalue weighted by molar-refractivity contribution is 5.88. The standard InChI is InChI=1S/C16H12N4/c1-11-13-7-3-2-6-12(13)10-17-15(11)16-18-14-8-4-5-9-20(14)19-16/h2-10H,1H3. The second-order valence-corrected chi connectivity index (χ2v) is 4.76. The van der Waals surface area contributed by atoms with Crippen LogP contribution in [0.5, 0.6) is 0 Å². The molecule has 0 spiro atoms. The minimum atomic E-state index is 0.666. The van der Waals surface area contributed by atoms with Gasteiger partial charge in [0.05, 0.1) is 0 Å². The van der Waals surface area contributed by atoms with Gasteiger partial charge in [0.15, 0.2) is 5.65 Å². The van der Waals surface area contributed by atoms with Gasteiger partial charge in [-0.1, -0.05) is 30.3 Å². The molecule has 0 bridgehead atoms. The third-order valence-corrected chi connectivity index (χ3v) is 3.51. The molecular formula is C16H12N4. The molecule has 96 valence electrons. The van der Waals surface area contributed by atoms with E-state index < -0.39 is 0 Å². The van der Waals surface area contributed by atoms with E-state index in [1.807, 2.05) is 42.7 Å². The Balaban J connectivity index is 1.99. The van der Waals surface area contributed by atoms with Crippen LogP contribution in [0, 0.1) is 6.92 Å². The zero-order chi connectivity index (χ0) is 13.5. The lowest BCUT2D eigenvalue weighted by Gasteiger charge is -2.05. The van der Waals surface area contributed by atoms with Crippen molar-refractivity contribution in [3.05, 3.63) is 60.4 Å². The highest BCUT2D eigenvalue weighted by Gasteiger charge is 2.12. The summed E-state index contributed by atoms with van der Waals surface area (Å²) in [7, 11) is 0. The maximum Gasteiger partial charge on any atom is 0.201 e. The van der Waals surface area contributed by atoms with Gasteiger partial charge in [-0.15, -0.1) is 5.10 Å². The first-order valence-corrected chi connectivity index (χ1v) is 6.49. The lowest BCUT2D eigenvalue weighted by atomic mass is 10.1. The summed E-state index contributed by atoms with van der Waals surface area (Å²) >= 11 is 0. The van der Waals surface area contributed by atoms with E-state index in [0.717, 1.165) is 22.3 Å². The SMILES string of the molecule is Cc1c(-c2nc3ccccn3n2)ncc2ccccc12. The first-order chi connectivity index (χ1) is 9.83. The van der Waals surface area contributed by atoms with Crippen LogP contribution in [-0.2, 0) is 0 Å². The zero-order valence-corrected chi connectivity index (χ0v) is 11.0. The molecule has 20 heavy (non-hydrogen) atoms. The van der Waals surface area contributed by atoms with E-state index >= 15 is 0 Å². The van der Waals surface area contributed by atoms with Gasteiger partial charge in [0.2, 0.25) is 5.82 Å². The fraction of sp³-hybridized carbons (Fsp3) is 0.0625. The molecule has 0 unspecified atom stereocenters. The second-order valence-electron chi connectivity index (χ2n) is 4.76. The molecule has 0 aliphatic carbocycles. The number of benzene rings is 1. The van der Waals surface area contributed by atoms with Crippen LogP contribution >= 0.6 is 0 Å². The predicted octanol–water partition coefficient (Wildman–Crippen LogP) is 3.25. The number of aryl methyl sites for hydroxylation is 1. The average molecular weight is 260 g/mol. The number of fused-ring (bicyclic) bond motifs is 2. The van der Waals surface area contributed by atoms with Gasteiger partial charge in [-0.3, -0.25) is 4.98 Å². The summed E-state index contributed by atoms with van der Waals surface area (Å²) < 4.78 is 1.77. The van der Waals surface area contributed by atoms with Gasteiger partial charge in [-0.25, -0.2) is 9.50 Å². The Morgan fingerprint density at radius 3 is 2.75 bits per heavy atom. The number of rotatable bonds is 1. The summed E-state index contributed by atoms with van der Waals surface area (Å²) in [4.78, 5) is 9.07. The number of hydrogen-bond donors (Lipinski definition) is 0. The van der Waals surface area contributed by atoms with Gasteiger partial charge in [0, 0.05) is 17.8 Å². The van der Waals surface area contributed by atoms with Crippen LogP contribution in [0.25, 0.3) is 27.9 Å². The average Bonchev–Trinajstić information content (AvgIpc) is 2.91.